The summed E-state index contributed by atoms with van der Waals surface area (Å²) in [7, 11) is 0. The molecule has 0 amide bonds. The Labute approximate surface area is 290 Å². The van der Waals surface area contributed by atoms with Gasteiger partial charge in [-0.15, -0.1) is 0 Å². The van der Waals surface area contributed by atoms with Crippen molar-refractivity contribution in [3.05, 3.63) is 158 Å². The normalized spacial score (nSPS) is 11.9. The van der Waals surface area contributed by atoms with Crippen molar-refractivity contribution in [2.75, 3.05) is 0 Å². The summed E-state index contributed by atoms with van der Waals surface area (Å²) in [6, 6.07) is 53.7. The van der Waals surface area contributed by atoms with Gasteiger partial charge in [0.25, 0.3) is 0 Å². The molecule has 6 heteroatoms. The predicted octanol–water partition coefficient (Wildman–Crippen LogP) is 11.8. The highest BCUT2D eigenvalue weighted by atomic mass is 16.3. The third-order valence-corrected chi connectivity index (χ3v) is 9.86. The molecule has 6 nitrogen and oxygen atoms in total. The molecule has 0 spiro atoms. The molecular weight excluding hydrogens is 629 g/mol. The van der Waals surface area contributed by atoms with E-state index in [0.717, 1.165) is 82.7 Å². The van der Waals surface area contributed by atoms with Gasteiger partial charge < -0.3 is 13.4 Å². The first-order chi connectivity index (χ1) is 25.3. The number of furan rings is 2. The lowest BCUT2D eigenvalue weighted by Crippen LogP contribution is -2.00. The Kier molecular flexibility index (Phi) is 5.86. The minimum Gasteiger partial charge on any atom is -0.456 e. The first kappa shape index (κ1) is 27.9. The van der Waals surface area contributed by atoms with Crippen molar-refractivity contribution in [3.63, 3.8) is 0 Å². The van der Waals surface area contributed by atoms with Gasteiger partial charge in [-0.05, 0) is 36.4 Å². The highest BCUT2D eigenvalue weighted by molar-refractivity contribution is 6.21. The van der Waals surface area contributed by atoms with Crippen LogP contribution in [0.15, 0.2) is 167 Å². The van der Waals surface area contributed by atoms with Crippen LogP contribution >= 0.6 is 0 Å². The molecule has 238 valence electrons. The van der Waals surface area contributed by atoms with Crippen LogP contribution in [0.25, 0.3) is 106 Å². The van der Waals surface area contributed by atoms with Crippen LogP contribution in [0.1, 0.15) is 0 Å². The molecule has 0 saturated heterocycles. The molecule has 0 atom stereocenters. The highest BCUT2D eigenvalue weighted by Gasteiger charge is 2.21. The van der Waals surface area contributed by atoms with Gasteiger partial charge in [-0.2, -0.15) is 0 Å². The molecule has 51 heavy (non-hydrogen) atoms. The fourth-order valence-electron chi connectivity index (χ4n) is 7.57. The summed E-state index contributed by atoms with van der Waals surface area (Å²) >= 11 is 0. The van der Waals surface area contributed by atoms with E-state index < -0.39 is 0 Å². The summed E-state index contributed by atoms with van der Waals surface area (Å²) in [6.07, 6.45) is 0. The standard InChI is InChI=1S/C45H26N4O2/c1-3-12-27(13-4-1)43-46-44(28-14-5-2-6-15-28)48-45(47-43)35-18-11-21-38-40(35)34-23-22-29(26-39(34)50-38)49-36-19-9-7-16-30(36)32-24-25-33-31-17-8-10-20-37(31)51-42(33)41(32)49/h1-26H. The van der Waals surface area contributed by atoms with E-state index in [1.165, 1.54) is 5.39 Å². The highest BCUT2D eigenvalue weighted by Crippen LogP contribution is 2.42. The summed E-state index contributed by atoms with van der Waals surface area (Å²) in [4.78, 5) is 15.0. The van der Waals surface area contributed by atoms with E-state index >= 15 is 0 Å². The predicted molar refractivity (Wildman–Crippen MR) is 205 cm³/mol. The zero-order valence-electron chi connectivity index (χ0n) is 27.1. The molecule has 4 aromatic heterocycles. The van der Waals surface area contributed by atoms with E-state index in [-0.39, 0.29) is 0 Å². The topological polar surface area (TPSA) is 69.9 Å². The lowest BCUT2D eigenvalue weighted by molar-refractivity contribution is 0.668. The minimum absolute atomic E-state index is 0.592. The van der Waals surface area contributed by atoms with Gasteiger partial charge in [0.15, 0.2) is 23.1 Å². The van der Waals surface area contributed by atoms with Gasteiger partial charge in [-0.3, -0.25) is 0 Å². The third kappa shape index (κ3) is 4.20. The molecule has 0 aliphatic heterocycles. The smallest absolute Gasteiger partial charge is 0.164 e. The second-order valence-corrected chi connectivity index (χ2v) is 12.8. The van der Waals surface area contributed by atoms with Crippen LogP contribution < -0.4 is 0 Å². The van der Waals surface area contributed by atoms with Crippen molar-refractivity contribution in [2.45, 2.75) is 0 Å². The van der Waals surface area contributed by atoms with Crippen molar-refractivity contribution >= 4 is 65.7 Å². The number of hydrogen-bond acceptors (Lipinski definition) is 5. The summed E-state index contributed by atoms with van der Waals surface area (Å²) < 4.78 is 15.5. The molecule has 0 radical (unpaired) electrons. The molecule has 11 aromatic rings. The first-order valence-electron chi connectivity index (χ1n) is 16.9. The quantitative estimate of drug-likeness (QED) is 0.189. The largest absolute Gasteiger partial charge is 0.456 e. The van der Waals surface area contributed by atoms with Crippen molar-refractivity contribution in [1.29, 1.82) is 0 Å². The maximum atomic E-state index is 6.63. The number of aromatic nitrogens is 4. The lowest BCUT2D eigenvalue weighted by atomic mass is 10.0. The van der Waals surface area contributed by atoms with Gasteiger partial charge >= 0.3 is 0 Å². The van der Waals surface area contributed by atoms with Gasteiger partial charge in [-0.25, -0.2) is 15.0 Å². The number of benzene rings is 7. The first-order valence-corrected chi connectivity index (χ1v) is 16.9. The van der Waals surface area contributed by atoms with Crippen LogP contribution in [0.3, 0.4) is 0 Å². The summed E-state index contributed by atoms with van der Waals surface area (Å²) in [5, 5.41) is 6.46. The van der Waals surface area contributed by atoms with Crippen molar-refractivity contribution in [3.8, 4) is 39.9 Å². The van der Waals surface area contributed by atoms with E-state index in [9.17, 15) is 0 Å². The second-order valence-electron chi connectivity index (χ2n) is 12.8. The van der Waals surface area contributed by atoms with E-state index in [1.807, 2.05) is 84.9 Å². The van der Waals surface area contributed by atoms with Crippen LogP contribution in [0, 0.1) is 0 Å². The number of nitrogens with zero attached hydrogens (tertiary/aromatic N) is 4. The summed E-state index contributed by atoms with van der Waals surface area (Å²) in [5.74, 6) is 1.83. The minimum atomic E-state index is 0.592. The molecule has 0 saturated carbocycles. The van der Waals surface area contributed by atoms with Crippen molar-refractivity contribution in [1.82, 2.24) is 19.5 Å². The zero-order valence-corrected chi connectivity index (χ0v) is 27.1. The van der Waals surface area contributed by atoms with Crippen LogP contribution in [0.4, 0.5) is 0 Å². The Bertz CT molecular complexity index is 3080. The fourth-order valence-corrected chi connectivity index (χ4v) is 7.57. The average Bonchev–Trinajstić information content (AvgIpc) is 3.87. The van der Waals surface area contributed by atoms with Gasteiger partial charge in [-0.1, -0.05) is 115 Å². The molecule has 0 N–H and O–H groups in total. The van der Waals surface area contributed by atoms with Gasteiger partial charge in [0.1, 0.15) is 16.7 Å². The van der Waals surface area contributed by atoms with Crippen LogP contribution in [-0.2, 0) is 0 Å². The molecule has 0 unspecified atom stereocenters. The van der Waals surface area contributed by atoms with Crippen LogP contribution in [-0.4, -0.2) is 19.5 Å². The Hall–Kier alpha value is -7.05. The van der Waals surface area contributed by atoms with E-state index in [0.29, 0.717) is 17.5 Å². The monoisotopic (exact) mass is 654 g/mol. The Morgan fingerprint density at radius 1 is 0.412 bits per heavy atom. The summed E-state index contributed by atoms with van der Waals surface area (Å²) in [6.45, 7) is 0. The molecule has 0 aliphatic carbocycles. The van der Waals surface area contributed by atoms with Crippen molar-refractivity contribution < 1.29 is 8.83 Å². The molecule has 0 bridgehead atoms. The molecular formula is C45H26N4O2. The maximum absolute atomic E-state index is 6.63. The lowest BCUT2D eigenvalue weighted by Gasteiger charge is -2.09. The summed E-state index contributed by atoms with van der Waals surface area (Å²) in [5.41, 5.74) is 9.15. The molecule has 4 heterocycles. The SMILES string of the molecule is c1ccc(-c2nc(-c3ccccc3)nc(-c3cccc4oc5cc(-n6c7ccccc7c7ccc8c9ccccc9oc8c76)ccc5c34)n2)cc1. The Balaban J connectivity index is 1.15. The Morgan fingerprint density at radius 3 is 1.82 bits per heavy atom. The zero-order chi connectivity index (χ0) is 33.5. The number of hydrogen-bond donors (Lipinski definition) is 0. The van der Waals surface area contributed by atoms with Gasteiger partial charge in [0.05, 0.1) is 16.7 Å². The third-order valence-electron chi connectivity index (χ3n) is 9.86. The maximum Gasteiger partial charge on any atom is 0.164 e. The van der Waals surface area contributed by atoms with E-state index in [2.05, 4.69) is 77.4 Å². The van der Waals surface area contributed by atoms with Crippen LogP contribution in [0.2, 0.25) is 0 Å². The van der Waals surface area contributed by atoms with Gasteiger partial charge in [0.2, 0.25) is 0 Å². The fraction of sp³-hybridized carbons (Fsp3) is 0. The molecule has 11 rings (SSSR count). The van der Waals surface area contributed by atoms with Crippen LogP contribution in [0.5, 0.6) is 0 Å². The number of fused-ring (bicyclic) bond motifs is 10. The number of para-hydroxylation sites is 2. The van der Waals surface area contributed by atoms with E-state index in [4.69, 9.17) is 23.8 Å². The number of rotatable bonds is 4. The van der Waals surface area contributed by atoms with Crippen molar-refractivity contribution in [2.24, 2.45) is 0 Å². The Morgan fingerprint density at radius 2 is 1.04 bits per heavy atom. The molecule has 0 aliphatic rings. The molecule has 7 aromatic carbocycles. The molecule has 0 fully saturated rings. The second kappa shape index (κ2) is 10.7. The average molecular weight is 655 g/mol. The van der Waals surface area contributed by atoms with Gasteiger partial charge in [0, 0.05) is 55.1 Å². The van der Waals surface area contributed by atoms with E-state index in [1.54, 1.807) is 0 Å².